The SMILES string of the molecule is Cc1ccnc(Oc2[c-]c(-c3[c-]c4c(cc3)c3ccccc3n4-c3ccccn3)ccc2)c1.[Pt+2]. The topological polar surface area (TPSA) is 39.9 Å². The van der Waals surface area contributed by atoms with Crippen molar-refractivity contribution >= 4 is 21.8 Å². The van der Waals surface area contributed by atoms with Crippen LogP contribution in [0, 0.1) is 19.1 Å². The van der Waals surface area contributed by atoms with Gasteiger partial charge in [-0.3, -0.25) is 0 Å². The first kappa shape index (κ1) is 22.1. The van der Waals surface area contributed by atoms with Gasteiger partial charge in [0, 0.05) is 29.7 Å². The Morgan fingerprint density at radius 2 is 1.59 bits per heavy atom. The zero-order chi connectivity index (χ0) is 22.2. The fourth-order valence-corrected chi connectivity index (χ4v) is 4.12. The molecule has 0 spiro atoms. The van der Waals surface area contributed by atoms with E-state index >= 15 is 0 Å². The number of aryl methyl sites for hydroxylation is 1. The van der Waals surface area contributed by atoms with E-state index < -0.39 is 0 Å². The van der Waals surface area contributed by atoms with E-state index in [9.17, 15) is 0 Å². The largest absolute Gasteiger partial charge is 2.00 e. The molecule has 0 aliphatic carbocycles. The molecule has 0 N–H and O–H groups in total. The molecule has 0 unspecified atom stereocenters. The minimum atomic E-state index is 0. The number of hydrogen-bond donors (Lipinski definition) is 0. The third-order valence-electron chi connectivity index (χ3n) is 5.63. The van der Waals surface area contributed by atoms with Gasteiger partial charge in [0.05, 0.1) is 0 Å². The molecule has 0 saturated heterocycles. The van der Waals surface area contributed by atoms with Crippen LogP contribution in [0.15, 0.2) is 97.3 Å². The summed E-state index contributed by atoms with van der Waals surface area (Å²) in [6, 6.07) is 35.2. The van der Waals surface area contributed by atoms with E-state index in [0.29, 0.717) is 11.6 Å². The average molecular weight is 621 g/mol. The van der Waals surface area contributed by atoms with Crippen molar-refractivity contribution in [1.29, 1.82) is 0 Å². The van der Waals surface area contributed by atoms with Crippen LogP contribution in [0.2, 0.25) is 0 Å². The van der Waals surface area contributed by atoms with E-state index in [2.05, 4.69) is 63.1 Å². The molecule has 0 atom stereocenters. The fourth-order valence-electron chi connectivity index (χ4n) is 4.12. The molecule has 6 rings (SSSR count). The zero-order valence-electron chi connectivity index (χ0n) is 18.3. The number of pyridine rings is 2. The normalized spacial score (nSPS) is 10.9. The van der Waals surface area contributed by atoms with Gasteiger partial charge in [-0.05, 0) is 47.7 Å². The second-order valence-electron chi connectivity index (χ2n) is 7.88. The Hall–Kier alpha value is -3.75. The summed E-state index contributed by atoms with van der Waals surface area (Å²) < 4.78 is 8.11. The van der Waals surface area contributed by atoms with Crippen molar-refractivity contribution in [3.63, 3.8) is 0 Å². The maximum Gasteiger partial charge on any atom is 2.00 e. The first-order chi connectivity index (χ1) is 16.3. The van der Waals surface area contributed by atoms with Crippen molar-refractivity contribution < 1.29 is 25.8 Å². The van der Waals surface area contributed by atoms with E-state index in [1.54, 1.807) is 6.20 Å². The Labute approximate surface area is 212 Å². The maximum absolute atomic E-state index is 5.95. The molecule has 6 aromatic rings. The standard InChI is InChI=1S/C29H19N3O.Pt/c1-20-14-16-31-29(17-20)33-23-8-6-7-21(18-23)22-12-13-25-24-9-2-3-10-26(24)32(27(25)19-22)28-11-4-5-15-30-28;/h2-17H,1H3;/q-2;+2. The van der Waals surface area contributed by atoms with Crippen molar-refractivity contribution in [1.82, 2.24) is 14.5 Å². The van der Waals surface area contributed by atoms with Gasteiger partial charge in [-0.2, -0.15) is 24.3 Å². The number of fused-ring (bicyclic) bond motifs is 3. The first-order valence-corrected chi connectivity index (χ1v) is 10.8. The molecule has 0 fully saturated rings. The Morgan fingerprint density at radius 3 is 2.44 bits per heavy atom. The number of rotatable bonds is 4. The van der Waals surface area contributed by atoms with Gasteiger partial charge in [0.15, 0.2) is 0 Å². The predicted octanol–water partition coefficient (Wildman–Crippen LogP) is 6.94. The van der Waals surface area contributed by atoms with Crippen molar-refractivity contribution in [3.8, 4) is 28.6 Å². The number of hydrogen-bond acceptors (Lipinski definition) is 3. The van der Waals surface area contributed by atoms with Crippen LogP contribution in [0.3, 0.4) is 0 Å². The summed E-state index contributed by atoms with van der Waals surface area (Å²) in [6.45, 7) is 2.01. The molecule has 0 aliphatic heterocycles. The zero-order valence-corrected chi connectivity index (χ0v) is 20.6. The molecule has 0 saturated carbocycles. The first-order valence-electron chi connectivity index (χ1n) is 10.8. The summed E-state index contributed by atoms with van der Waals surface area (Å²) in [6.07, 6.45) is 3.56. The second kappa shape index (κ2) is 9.24. The van der Waals surface area contributed by atoms with Crippen molar-refractivity contribution in [3.05, 3.63) is 115 Å². The van der Waals surface area contributed by atoms with Gasteiger partial charge in [0.25, 0.3) is 0 Å². The molecule has 0 bridgehead atoms. The molecule has 166 valence electrons. The summed E-state index contributed by atoms with van der Waals surface area (Å²) in [7, 11) is 0. The third-order valence-corrected chi connectivity index (χ3v) is 5.63. The molecule has 3 heterocycles. The number of nitrogens with zero attached hydrogens (tertiary/aromatic N) is 3. The van der Waals surface area contributed by atoms with E-state index in [1.165, 1.54) is 5.39 Å². The number of ether oxygens (including phenoxy) is 1. The molecule has 3 aromatic heterocycles. The van der Waals surface area contributed by atoms with Crippen LogP contribution in [-0.2, 0) is 21.1 Å². The molecule has 4 nitrogen and oxygen atoms in total. The molecule has 3 aromatic carbocycles. The Balaban J connectivity index is 0.00000241. The fraction of sp³-hybridized carbons (Fsp3) is 0.0345. The minimum Gasteiger partial charge on any atom is -0.460 e. The molecule has 5 heteroatoms. The quantitative estimate of drug-likeness (QED) is 0.201. The summed E-state index contributed by atoms with van der Waals surface area (Å²) in [5.74, 6) is 2.03. The van der Waals surface area contributed by atoms with E-state index in [0.717, 1.165) is 38.9 Å². The van der Waals surface area contributed by atoms with E-state index in [1.807, 2.05) is 61.7 Å². The second-order valence-corrected chi connectivity index (χ2v) is 7.88. The maximum atomic E-state index is 5.95. The van der Waals surface area contributed by atoms with Gasteiger partial charge in [0.2, 0.25) is 5.88 Å². The van der Waals surface area contributed by atoms with Crippen molar-refractivity contribution in [2.45, 2.75) is 6.92 Å². The van der Waals surface area contributed by atoms with Crippen LogP contribution in [0.25, 0.3) is 38.8 Å². The van der Waals surface area contributed by atoms with Crippen LogP contribution in [-0.4, -0.2) is 14.5 Å². The number of benzene rings is 3. The van der Waals surface area contributed by atoms with Gasteiger partial charge in [0.1, 0.15) is 5.82 Å². The summed E-state index contributed by atoms with van der Waals surface area (Å²) in [5.41, 5.74) is 5.01. The molecular formula is C29H19N3OPt. The summed E-state index contributed by atoms with van der Waals surface area (Å²) in [5, 5.41) is 2.31. The van der Waals surface area contributed by atoms with Crippen LogP contribution in [0.1, 0.15) is 5.56 Å². The van der Waals surface area contributed by atoms with Crippen LogP contribution in [0.4, 0.5) is 0 Å². The van der Waals surface area contributed by atoms with Crippen molar-refractivity contribution in [2.75, 3.05) is 0 Å². The van der Waals surface area contributed by atoms with Gasteiger partial charge >= 0.3 is 21.1 Å². The molecule has 0 amide bonds. The average Bonchev–Trinajstić information content (AvgIpc) is 3.18. The molecular weight excluding hydrogens is 601 g/mol. The van der Waals surface area contributed by atoms with Crippen molar-refractivity contribution in [2.24, 2.45) is 0 Å². The van der Waals surface area contributed by atoms with Gasteiger partial charge in [-0.25, -0.2) is 21.1 Å². The molecule has 0 aliphatic rings. The van der Waals surface area contributed by atoms with Gasteiger partial charge in [-0.1, -0.05) is 29.7 Å². The van der Waals surface area contributed by atoms with E-state index in [-0.39, 0.29) is 21.1 Å². The monoisotopic (exact) mass is 620 g/mol. The Morgan fingerprint density at radius 1 is 0.735 bits per heavy atom. The van der Waals surface area contributed by atoms with Gasteiger partial charge in [-0.15, -0.1) is 18.2 Å². The number of aromatic nitrogens is 3. The Bertz CT molecular complexity index is 1610. The molecule has 34 heavy (non-hydrogen) atoms. The Kier molecular flexibility index (Phi) is 6.00. The predicted molar refractivity (Wildman–Crippen MR) is 131 cm³/mol. The summed E-state index contributed by atoms with van der Waals surface area (Å²) >= 11 is 0. The number of para-hydroxylation sites is 1. The smallest absolute Gasteiger partial charge is 0.460 e. The van der Waals surface area contributed by atoms with Crippen LogP contribution >= 0.6 is 0 Å². The molecule has 0 radical (unpaired) electrons. The van der Waals surface area contributed by atoms with Crippen LogP contribution < -0.4 is 4.74 Å². The summed E-state index contributed by atoms with van der Waals surface area (Å²) in [4.78, 5) is 8.89. The third kappa shape index (κ3) is 4.02. The van der Waals surface area contributed by atoms with E-state index in [4.69, 9.17) is 4.74 Å². The minimum absolute atomic E-state index is 0. The van der Waals surface area contributed by atoms with Crippen LogP contribution in [0.5, 0.6) is 11.6 Å². The van der Waals surface area contributed by atoms with Gasteiger partial charge < -0.3 is 9.30 Å².